The summed E-state index contributed by atoms with van der Waals surface area (Å²) in [5, 5.41) is 4.37. The summed E-state index contributed by atoms with van der Waals surface area (Å²) in [4.78, 5) is 29.6. The Labute approximate surface area is 142 Å². The molecule has 2 amide bonds. The molecule has 1 saturated heterocycles. The van der Waals surface area contributed by atoms with E-state index in [2.05, 4.69) is 5.16 Å². The number of hydrogen-bond acceptors (Lipinski definition) is 6. The van der Waals surface area contributed by atoms with Crippen molar-refractivity contribution in [3.63, 3.8) is 0 Å². The van der Waals surface area contributed by atoms with Gasteiger partial charge >= 0.3 is 6.09 Å². The Balaban J connectivity index is 2.51. The number of thioether (sulfide) groups is 1. The molecular formula is C11H17Cl2N3O3S2. The lowest BCUT2D eigenvalue weighted by Crippen LogP contribution is -2.37. The summed E-state index contributed by atoms with van der Waals surface area (Å²) in [6, 6.07) is 0. The maximum absolute atomic E-state index is 11.8. The van der Waals surface area contributed by atoms with Crippen molar-refractivity contribution in [1.29, 1.82) is 0 Å². The molecule has 0 bridgehead atoms. The van der Waals surface area contributed by atoms with Crippen molar-refractivity contribution in [3.05, 3.63) is 0 Å². The lowest BCUT2D eigenvalue weighted by atomic mass is 10.2. The molecule has 1 aliphatic heterocycles. The van der Waals surface area contributed by atoms with Crippen LogP contribution in [-0.2, 0) is 9.63 Å². The Morgan fingerprint density at radius 3 is 2.71 bits per heavy atom. The molecule has 0 unspecified atom stereocenters. The fourth-order valence-corrected chi connectivity index (χ4v) is 3.58. The fourth-order valence-electron chi connectivity index (χ4n) is 1.25. The zero-order valence-corrected chi connectivity index (χ0v) is 15.1. The molecule has 0 aromatic rings. The molecule has 0 aromatic carbocycles. The number of carbonyl (C=O) groups excluding carboxylic acids is 2. The van der Waals surface area contributed by atoms with Crippen LogP contribution in [-0.4, -0.2) is 69.1 Å². The van der Waals surface area contributed by atoms with Crippen LogP contribution in [0.3, 0.4) is 0 Å². The van der Waals surface area contributed by atoms with E-state index in [4.69, 9.17) is 28.0 Å². The number of rotatable bonds is 5. The number of oxime groups is 1. The number of halogens is 2. The first-order chi connectivity index (χ1) is 9.81. The quantitative estimate of drug-likeness (QED) is 0.320. The van der Waals surface area contributed by atoms with E-state index in [9.17, 15) is 9.59 Å². The Bertz CT molecular complexity index is 433. The molecule has 120 valence electrons. The van der Waals surface area contributed by atoms with E-state index >= 15 is 0 Å². The second-order valence-electron chi connectivity index (χ2n) is 4.69. The average molecular weight is 374 g/mol. The predicted octanol–water partition coefficient (Wildman–Crippen LogP) is 2.46. The summed E-state index contributed by atoms with van der Waals surface area (Å²) in [6.45, 7) is 2.19. The highest BCUT2D eigenvalue weighted by atomic mass is 35.5. The predicted molar refractivity (Wildman–Crippen MR) is 89.2 cm³/mol. The maximum Gasteiger partial charge on any atom is 0.445 e. The van der Waals surface area contributed by atoms with Gasteiger partial charge in [-0.25, -0.2) is 4.79 Å². The Kier molecular flexibility index (Phi) is 7.46. The van der Waals surface area contributed by atoms with Crippen LogP contribution in [0, 0.1) is 0 Å². The molecule has 10 heteroatoms. The summed E-state index contributed by atoms with van der Waals surface area (Å²) in [5.41, 5.74) is 0. The molecule has 6 nitrogen and oxygen atoms in total. The van der Waals surface area contributed by atoms with Gasteiger partial charge in [0.15, 0.2) is 0 Å². The molecule has 1 rings (SSSR count). The van der Waals surface area contributed by atoms with Gasteiger partial charge in [-0.15, -0.1) is 23.2 Å². The first kappa shape index (κ1) is 18.7. The standard InChI is InChI=1S/C11H17Cl2N3O3S2/c1-11(6-12,7-13)21-16(3)10(18)19-14-8-4-15(2)9(17)5-20-8/h4-7H2,1-3H3. The maximum atomic E-state index is 11.8. The smallest absolute Gasteiger partial charge is 0.338 e. The Hall–Kier alpha value is -0.310. The van der Waals surface area contributed by atoms with E-state index in [0.29, 0.717) is 29.1 Å². The van der Waals surface area contributed by atoms with E-state index in [1.165, 1.54) is 32.9 Å². The van der Waals surface area contributed by atoms with Crippen LogP contribution >= 0.6 is 46.9 Å². The highest BCUT2D eigenvalue weighted by molar-refractivity contribution is 8.14. The van der Waals surface area contributed by atoms with E-state index in [1.807, 2.05) is 6.92 Å². The molecule has 1 aliphatic rings. The summed E-state index contributed by atoms with van der Waals surface area (Å²) in [6.07, 6.45) is -0.617. The van der Waals surface area contributed by atoms with Crippen molar-refractivity contribution in [3.8, 4) is 0 Å². The Morgan fingerprint density at radius 1 is 1.57 bits per heavy atom. The van der Waals surface area contributed by atoms with Gasteiger partial charge in [-0.3, -0.25) is 13.9 Å². The van der Waals surface area contributed by atoms with Gasteiger partial charge in [-0.2, -0.15) is 0 Å². The first-order valence-corrected chi connectivity index (χ1v) is 8.83. The van der Waals surface area contributed by atoms with Crippen molar-refractivity contribution < 1.29 is 14.4 Å². The normalized spacial score (nSPS) is 18.0. The van der Waals surface area contributed by atoms with Crippen molar-refractivity contribution in [1.82, 2.24) is 9.21 Å². The van der Waals surface area contributed by atoms with Crippen LogP contribution in [0.1, 0.15) is 6.92 Å². The van der Waals surface area contributed by atoms with E-state index < -0.39 is 10.8 Å². The van der Waals surface area contributed by atoms with Crippen LogP contribution in [0.15, 0.2) is 5.16 Å². The molecule has 0 atom stereocenters. The van der Waals surface area contributed by atoms with Crippen molar-refractivity contribution in [2.24, 2.45) is 5.16 Å². The van der Waals surface area contributed by atoms with Gasteiger partial charge in [-0.05, 0) is 18.9 Å². The lowest BCUT2D eigenvalue weighted by molar-refractivity contribution is -0.126. The van der Waals surface area contributed by atoms with Crippen molar-refractivity contribution >= 4 is 64.0 Å². The zero-order chi connectivity index (χ0) is 16.0. The molecule has 0 radical (unpaired) electrons. The summed E-state index contributed by atoms with van der Waals surface area (Å²) in [7, 11) is 3.24. The van der Waals surface area contributed by atoms with E-state index in [0.717, 1.165) is 0 Å². The van der Waals surface area contributed by atoms with Crippen LogP contribution < -0.4 is 0 Å². The Morgan fingerprint density at radius 2 is 2.19 bits per heavy atom. The van der Waals surface area contributed by atoms with Gasteiger partial charge in [0.2, 0.25) is 5.91 Å². The summed E-state index contributed by atoms with van der Waals surface area (Å²) >= 11 is 14.1. The van der Waals surface area contributed by atoms with Crippen LogP contribution in [0.2, 0.25) is 0 Å². The summed E-state index contributed by atoms with van der Waals surface area (Å²) in [5.74, 6) is 0.929. The van der Waals surface area contributed by atoms with Crippen molar-refractivity contribution in [2.45, 2.75) is 11.7 Å². The van der Waals surface area contributed by atoms with Crippen LogP contribution in [0.4, 0.5) is 4.79 Å². The number of amides is 2. The number of carbonyl (C=O) groups is 2. The largest absolute Gasteiger partial charge is 0.445 e. The highest BCUT2D eigenvalue weighted by Crippen LogP contribution is 2.30. The van der Waals surface area contributed by atoms with Crippen LogP contribution in [0.5, 0.6) is 0 Å². The number of nitrogens with zero attached hydrogens (tertiary/aromatic N) is 3. The van der Waals surface area contributed by atoms with Gasteiger partial charge in [0.05, 0.1) is 17.0 Å². The summed E-state index contributed by atoms with van der Waals surface area (Å²) < 4.78 is 0.841. The third-order valence-electron chi connectivity index (χ3n) is 2.57. The lowest BCUT2D eigenvalue weighted by Gasteiger charge is -2.27. The second kappa shape index (κ2) is 8.36. The molecular weight excluding hydrogens is 357 g/mol. The molecule has 0 saturated carbocycles. The minimum Gasteiger partial charge on any atom is -0.338 e. The third kappa shape index (κ3) is 5.77. The van der Waals surface area contributed by atoms with Gasteiger partial charge < -0.3 is 4.90 Å². The monoisotopic (exact) mass is 373 g/mol. The number of alkyl halides is 2. The van der Waals surface area contributed by atoms with Gasteiger partial charge in [0.1, 0.15) is 5.04 Å². The molecule has 21 heavy (non-hydrogen) atoms. The van der Waals surface area contributed by atoms with E-state index in [-0.39, 0.29) is 5.91 Å². The molecule has 0 aliphatic carbocycles. The SMILES string of the molecule is CN1CC(=NOC(=O)N(C)SC(C)(CCl)CCl)SCC1=O. The van der Waals surface area contributed by atoms with E-state index in [1.54, 1.807) is 14.1 Å². The minimum atomic E-state index is -0.617. The minimum absolute atomic E-state index is 0.0259. The van der Waals surface area contributed by atoms with Crippen LogP contribution in [0.25, 0.3) is 0 Å². The number of hydrogen-bond donors (Lipinski definition) is 0. The molecule has 1 heterocycles. The molecule has 1 fully saturated rings. The van der Waals surface area contributed by atoms with Gasteiger partial charge in [0, 0.05) is 25.9 Å². The van der Waals surface area contributed by atoms with Gasteiger partial charge in [-0.1, -0.05) is 16.9 Å². The van der Waals surface area contributed by atoms with Crippen molar-refractivity contribution in [2.75, 3.05) is 38.2 Å². The second-order valence-corrected chi connectivity index (χ2v) is 7.99. The first-order valence-electron chi connectivity index (χ1n) is 6.00. The zero-order valence-electron chi connectivity index (χ0n) is 12.0. The fraction of sp³-hybridized carbons (Fsp3) is 0.727. The molecule has 0 spiro atoms. The molecule has 0 aromatic heterocycles. The third-order valence-corrected chi connectivity index (χ3v) is 6.14. The highest BCUT2D eigenvalue weighted by Gasteiger charge is 2.28. The topological polar surface area (TPSA) is 62.2 Å². The molecule has 0 N–H and O–H groups in total. The average Bonchev–Trinajstić information content (AvgIpc) is 2.47. The van der Waals surface area contributed by atoms with Gasteiger partial charge in [0.25, 0.3) is 0 Å².